The van der Waals surface area contributed by atoms with E-state index in [1.165, 1.54) is 0 Å². The topological polar surface area (TPSA) is 36.9 Å². The first-order valence-electron chi connectivity index (χ1n) is 7.59. The van der Waals surface area contributed by atoms with Crippen LogP contribution >= 0.6 is 0 Å². The Balaban J connectivity index is 0. The van der Waals surface area contributed by atoms with Gasteiger partial charge >= 0.3 is 17.1 Å². The zero-order chi connectivity index (χ0) is 17.5. The van der Waals surface area contributed by atoms with Crippen LogP contribution in [0.15, 0.2) is 49.1 Å². The fourth-order valence-corrected chi connectivity index (χ4v) is 4.87. The number of rotatable bonds is 12. The molecule has 128 valence electrons. The molecule has 0 radical (unpaired) electrons. The summed E-state index contributed by atoms with van der Waals surface area (Å²) in [7, 11) is -4.43. The Bertz CT molecular complexity index is 268. The van der Waals surface area contributed by atoms with Crippen LogP contribution in [0.3, 0.4) is 0 Å². The summed E-state index contributed by atoms with van der Waals surface area (Å²) in [5, 5.41) is 0. The van der Waals surface area contributed by atoms with Gasteiger partial charge in [0.25, 0.3) is 0 Å². The molecule has 0 saturated carbocycles. The summed E-state index contributed by atoms with van der Waals surface area (Å²) in [6.45, 7) is 25.1. The standard InChI is InChI=1S/2C8H16O2Si/c2*1-5-9-11(7-3,8-4)10-6-2/h2*7-8H,3-6H2,1-2H3. The number of hydrogen-bond donors (Lipinski definition) is 0. The minimum Gasteiger partial charge on any atom is -0.389 e. The van der Waals surface area contributed by atoms with Gasteiger partial charge in [-0.25, -0.2) is 0 Å². The molecule has 6 heteroatoms. The molecule has 0 aromatic heterocycles. The van der Waals surface area contributed by atoms with Crippen LogP contribution < -0.4 is 0 Å². The van der Waals surface area contributed by atoms with E-state index in [-0.39, 0.29) is 0 Å². The molecule has 0 amide bonds. The van der Waals surface area contributed by atoms with E-state index in [0.717, 1.165) is 0 Å². The summed E-state index contributed by atoms with van der Waals surface area (Å²) < 4.78 is 21.8. The summed E-state index contributed by atoms with van der Waals surface area (Å²) in [6, 6.07) is 0. The maximum Gasteiger partial charge on any atom is 0.390 e. The molecule has 4 nitrogen and oxygen atoms in total. The van der Waals surface area contributed by atoms with Crippen molar-refractivity contribution >= 4 is 17.1 Å². The van der Waals surface area contributed by atoms with E-state index in [1.807, 2.05) is 27.7 Å². The molecule has 0 unspecified atom stereocenters. The fraction of sp³-hybridized carbons (Fsp3) is 0.500. The van der Waals surface area contributed by atoms with Crippen molar-refractivity contribution in [2.45, 2.75) is 27.7 Å². The molecule has 0 aliphatic heterocycles. The average Bonchev–Trinajstić information content (AvgIpc) is 2.55. The summed E-state index contributed by atoms with van der Waals surface area (Å²) in [4.78, 5) is 0. The molecule has 0 rings (SSSR count). The predicted molar refractivity (Wildman–Crippen MR) is 98.8 cm³/mol. The summed E-state index contributed by atoms with van der Waals surface area (Å²) in [5.41, 5.74) is 6.97. The van der Waals surface area contributed by atoms with Crippen LogP contribution in [0.5, 0.6) is 0 Å². The SMILES string of the molecule is C=C[Si](C=C)(OCC)OCC.C=C[Si](C=C)(OCC)OCC. The third-order valence-electron chi connectivity index (χ3n) is 2.62. The van der Waals surface area contributed by atoms with E-state index < -0.39 is 17.1 Å². The lowest BCUT2D eigenvalue weighted by Crippen LogP contribution is -2.38. The molecule has 0 saturated heterocycles. The molecule has 0 aromatic carbocycles. The highest BCUT2D eigenvalue weighted by molar-refractivity contribution is 6.77. The molecule has 0 fully saturated rings. The highest BCUT2D eigenvalue weighted by atomic mass is 28.4. The van der Waals surface area contributed by atoms with Gasteiger partial charge in [0.05, 0.1) is 0 Å². The van der Waals surface area contributed by atoms with E-state index in [4.69, 9.17) is 17.7 Å². The van der Waals surface area contributed by atoms with Crippen LogP contribution in [0.2, 0.25) is 0 Å². The lowest BCUT2D eigenvalue weighted by Gasteiger charge is -2.22. The minimum atomic E-state index is -2.22. The van der Waals surface area contributed by atoms with E-state index in [2.05, 4.69) is 26.3 Å². The van der Waals surface area contributed by atoms with Crippen molar-refractivity contribution in [1.82, 2.24) is 0 Å². The molecule has 0 bridgehead atoms. The first-order valence-corrected chi connectivity index (χ1v) is 11.5. The molecular weight excluding hydrogens is 312 g/mol. The molecule has 0 N–H and O–H groups in total. The largest absolute Gasteiger partial charge is 0.390 e. The fourth-order valence-electron chi connectivity index (χ4n) is 1.62. The van der Waals surface area contributed by atoms with Crippen molar-refractivity contribution < 1.29 is 17.7 Å². The third kappa shape index (κ3) is 8.62. The van der Waals surface area contributed by atoms with Crippen LogP contribution in [-0.4, -0.2) is 43.5 Å². The van der Waals surface area contributed by atoms with Crippen LogP contribution in [0.25, 0.3) is 0 Å². The molecule has 0 aliphatic rings. The van der Waals surface area contributed by atoms with Crippen LogP contribution in [0, 0.1) is 0 Å². The van der Waals surface area contributed by atoms with Gasteiger partial charge in [0.2, 0.25) is 0 Å². The van der Waals surface area contributed by atoms with Gasteiger partial charge in [-0.2, -0.15) is 0 Å². The molecule has 0 spiro atoms. The quantitative estimate of drug-likeness (QED) is 0.503. The van der Waals surface area contributed by atoms with Gasteiger partial charge in [-0.1, -0.05) is 0 Å². The minimum absolute atomic E-state index is 0.643. The van der Waals surface area contributed by atoms with Crippen LogP contribution in [-0.2, 0) is 17.7 Å². The highest BCUT2D eigenvalue weighted by Gasteiger charge is 2.29. The van der Waals surface area contributed by atoms with E-state index in [9.17, 15) is 0 Å². The monoisotopic (exact) mass is 344 g/mol. The Labute approximate surface area is 138 Å². The molecule has 0 heterocycles. The molecule has 0 aliphatic carbocycles. The Kier molecular flexibility index (Phi) is 14.8. The maximum absolute atomic E-state index is 5.45. The van der Waals surface area contributed by atoms with Crippen LogP contribution in [0.4, 0.5) is 0 Å². The summed E-state index contributed by atoms with van der Waals surface area (Å²) in [6.07, 6.45) is 0. The van der Waals surface area contributed by atoms with Crippen molar-refractivity contribution in [1.29, 1.82) is 0 Å². The van der Waals surface area contributed by atoms with Gasteiger partial charge in [-0.3, -0.25) is 0 Å². The van der Waals surface area contributed by atoms with Gasteiger partial charge < -0.3 is 17.7 Å². The van der Waals surface area contributed by atoms with Crippen molar-refractivity contribution in [3.63, 3.8) is 0 Å². The molecule has 0 atom stereocenters. The Hall–Kier alpha value is -0.766. The molecule has 0 aromatic rings. The maximum atomic E-state index is 5.45. The van der Waals surface area contributed by atoms with Crippen molar-refractivity contribution in [3.8, 4) is 0 Å². The normalized spacial score (nSPS) is 11.1. The van der Waals surface area contributed by atoms with E-state index in [1.54, 1.807) is 22.8 Å². The number of hydrogen-bond acceptors (Lipinski definition) is 4. The Morgan fingerprint density at radius 2 is 0.727 bits per heavy atom. The van der Waals surface area contributed by atoms with Gasteiger partial charge in [0.1, 0.15) is 0 Å². The lowest BCUT2D eigenvalue weighted by molar-refractivity contribution is 0.205. The third-order valence-corrected chi connectivity index (χ3v) is 7.85. The van der Waals surface area contributed by atoms with Gasteiger partial charge in [-0.05, 0) is 50.5 Å². The molecule has 22 heavy (non-hydrogen) atoms. The summed E-state index contributed by atoms with van der Waals surface area (Å²) >= 11 is 0. The molecular formula is C16H32O4Si2. The zero-order valence-electron chi connectivity index (χ0n) is 14.6. The van der Waals surface area contributed by atoms with Crippen molar-refractivity contribution in [3.05, 3.63) is 49.1 Å². The van der Waals surface area contributed by atoms with E-state index in [0.29, 0.717) is 26.4 Å². The second kappa shape index (κ2) is 13.9. The van der Waals surface area contributed by atoms with Crippen molar-refractivity contribution in [2.24, 2.45) is 0 Å². The first-order chi connectivity index (χ1) is 10.5. The van der Waals surface area contributed by atoms with Crippen LogP contribution in [0.1, 0.15) is 27.7 Å². The van der Waals surface area contributed by atoms with Gasteiger partial charge in [0, 0.05) is 26.4 Å². The average molecular weight is 345 g/mol. The van der Waals surface area contributed by atoms with Gasteiger partial charge in [0.15, 0.2) is 0 Å². The summed E-state index contributed by atoms with van der Waals surface area (Å²) in [5.74, 6) is 0. The Morgan fingerprint density at radius 3 is 0.818 bits per heavy atom. The smallest absolute Gasteiger partial charge is 0.389 e. The second-order valence-electron chi connectivity index (χ2n) is 3.99. The van der Waals surface area contributed by atoms with Gasteiger partial charge in [-0.15, -0.1) is 26.3 Å². The second-order valence-corrected chi connectivity index (χ2v) is 9.66. The highest BCUT2D eigenvalue weighted by Crippen LogP contribution is 2.10. The Morgan fingerprint density at radius 1 is 0.545 bits per heavy atom. The van der Waals surface area contributed by atoms with E-state index >= 15 is 0 Å². The predicted octanol–water partition coefficient (Wildman–Crippen LogP) is 3.90. The van der Waals surface area contributed by atoms with Crippen molar-refractivity contribution in [2.75, 3.05) is 26.4 Å². The first kappa shape index (κ1) is 23.5. The lowest BCUT2D eigenvalue weighted by atomic mass is 10.9. The zero-order valence-corrected chi connectivity index (χ0v) is 16.6.